The Labute approximate surface area is 257 Å². The molecule has 5 heteroatoms. The fourth-order valence-electron chi connectivity index (χ4n) is 6.31. The molecule has 0 unspecified atom stereocenters. The largest absolute Gasteiger partial charge is 0.456 e. The first-order valence-corrected chi connectivity index (χ1v) is 14.9. The van der Waals surface area contributed by atoms with Gasteiger partial charge >= 0.3 is 0 Å². The Morgan fingerprint density at radius 1 is 0.455 bits per heavy atom. The van der Waals surface area contributed by atoms with Crippen LogP contribution in [0, 0.1) is 0 Å². The molecule has 9 aromatic rings. The summed E-state index contributed by atoms with van der Waals surface area (Å²) in [5.41, 5.74) is 4.08. The zero-order valence-electron chi connectivity index (χ0n) is 23.3. The van der Waals surface area contributed by atoms with Gasteiger partial charge in [-0.25, -0.2) is 15.0 Å². The number of benzene rings is 7. The van der Waals surface area contributed by atoms with E-state index in [0.717, 1.165) is 65.6 Å². The van der Waals surface area contributed by atoms with E-state index in [9.17, 15) is 0 Å². The van der Waals surface area contributed by atoms with Gasteiger partial charge in [0.1, 0.15) is 11.2 Å². The van der Waals surface area contributed by atoms with E-state index >= 15 is 0 Å². The molecule has 0 radical (unpaired) electrons. The van der Waals surface area contributed by atoms with Crippen LogP contribution >= 0.6 is 11.6 Å². The van der Waals surface area contributed by atoms with Crippen molar-refractivity contribution in [3.63, 3.8) is 0 Å². The molecule has 0 aliphatic heterocycles. The highest BCUT2D eigenvalue weighted by molar-refractivity contribution is 6.36. The maximum Gasteiger partial charge on any atom is 0.166 e. The lowest BCUT2D eigenvalue weighted by Gasteiger charge is -2.13. The van der Waals surface area contributed by atoms with Crippen molar-refractivity contribution in [1.29, 1.82) is 0 Å². The number of halogens is 1. The molecule has 0 saturated carbocycles. The predicted octanol–water partition coefficient (Wildman–Crippen LogP) is 10.9. The van der Waals surface area contributed by atoms with Gasteiger partial charge in [0.05, 0.1) is 5.02 Å². The first-order valence-electron chi connectivity index (χ1n) is 14.5. The number of fused-ring (bicyclic) bond motifs is 7. The lowest BCUT2D eigenvalue weighted by molar-refractivity contribution is 0.669. The van der Waals surface area contributed by atoms with E-state index < -0.39 is 0 Å². The summed E-state index contributed by atoms with van der Waals surface area (Å²) in [6.45, 7) is 0. The summed E-state index contributed by atoms with van der Waals surface area (Å²) in [5.74, 6) is 1.66. The SMILES string of the molecule is Clc1ccc2oc3ccccc3c2c1-c1nc(-c2ccc3ccccc3c2)nc(-c2cc3ccccc3c3ccccc23)n1. The molecule has 0 fully saturated rings. The van der Waals surface area contributed by atoms with E-state index in [0.29, 0.717) is 22.5 Å². The van der Waals surface area contributed by atoms with E-state index in [1.807, 2.05) is 48.5 Å². The van der Waals surface area contributed by atoms with Crippen molar-refractivity contribution < 1.29 is 4.42 Å². The topological polar surface area (TPSA) is 51.8 Å². The molecule has 7 aromatic carbocycles. The standard InChI is InChI=1S/C39H22ClN3O/c40-32-19-20-34-35(30-15-7-8-16-33(30)44-34)36(32)39-42-37(26-18-17-23-9-1-2-10-24(23)21-26)41-38(43-39)31-22-25-11-3-4-12-27(25)28-13-5-6-14-29(28)31/h1-22H. The molecule has 4 nitrogen and oxygen atoms in total. The number of aromatic nitrogens is 3. The summed E-state index contributed by atoms with van der Waals surface area (Å²) in [6.07, 6.45) is 0. The summed E-state index contributed by atoms with van der Waals surface area (Å²) in [5, 5.41) is 9.21. The highest BCUT2D eigenvalue weighted by Gasteiger charge is 2.21. The summed E-state index contributed by atoms with van der Waals surface area (Å²) >= 11 is 7.00. The maximum atomic E-state index is 7.00. The molecule has 0 atom stereocenters. The van der Waals surface area contributed by atoms with Crippen molar-refractivity contribution in [1.82, 2.24) is 15.0 Å². The second-order valence-corrected chi connectivity index (χ2v) is 11.4. The quantitative estimate of drug-likeness (QED) is 0.194. The van der Waals surface area contributed by atoms with Crippen LogP contribution in [0.5, 0.6) is 0 Å². The Bertz CT molecular complexity index is 2590. The summed E-state index contributed by atoms with van der Waals surface area (Å²) in [6, 6.07) is 45.4. The minimum atomic E-state index is 0.498. The lowest BCUT2D eigenvalue weighted by Crippen LogP contribution is -2.01. The van der Waals surface area contributed by atoms with Crippen molar-refractivity contribution in [2.24, 2.45) is 0 Å². The van der Waals surface area contributed by atoms with E-state index in [1.165, 1.54) is 5.39 Å². The molecule has 2 heterocycles. The normalized spacial score (nSPS) is 11.8. The summed E-state index contributed by atoms with van der Waals surface area (Å²) in [7, 11) is 0. The third-order valence-corrected chi connectivity index (χ3v) is 8.68. The molecule has 0 aliphatic rings. The van der Waals surface area contributed by atoms with Gasteiger partial charge in [-0.15, -0.1) is 0 Å². The van der Waals surface area contributed by atoms with Gasteiger partial charge in [-0.2, -0.15) is 0 Å². The van der Waals surface area contributed by atoms with Crippen molar-refractivity contribution in [3.05, 3.63) is 138 Å². The van der Waals surface area contributed by atoms with E-state index in [2.05, 4.69) is 84.9 Å². The average molecular weight is 584 g/mol. The number of furan rings is 1. The Balaban J connectivity index is 1.39. The van der Waals surface area contributed by atoms with Crippen molar-refractivity contribution >= 4 is 65.9 Å². The van der Waals surface area contributed by atoms with Crippen molar-refractivity contribution in [2.45, 2.75) is 0 Å². The van der Waals surface area contributed by atoms with Crippen LogP contribution in [0.1, 0.15) is 0 Å². The molecular formula is C39H22ClN3O. The average Bonchev–Trinajstić information content (AvgIpc) is 3.46. The van der Waals surface area contributed by atoms with Crippen LogP contribution in [0.3, 0.4) is 0 Å². The van der Waals surface area contributed by atoms with E-state index in [4.69, 9.17) is 31.0 Å². The Hall–Kier alpha value is -5.58. The molecule has 0 spiro atoms. The van der Waals surface area contributed by atoms with Gasteiger partial charge in [-0.05, 0) is 62.6 Å². The molecule has 0 amide bonds. The third-order valence-electron chi connectivity index (χ3n) is 8.37. The van der Waals surface area contributed by atoms with Gasteiger partial charge in [-0.3, -0.25) is 0 Å². The second kappa shape index (κ2) is 9.73. The maximum absolute atomic E-state index is 7.00. The Kier molecular flexibility index (Phi) is 5.52. The third kappa shape index (κ3) is 3.89. The predicted molar refractivity (Wildman–Crippen MR) is 181 cm³/mol. The second-order valence-electron chi connectivity index (χ2n) is 11.0. The van der Waals surface area contributed by atoms with Crippen molar-refractivity contribution in [3.8, 4) is 34.2 Å². The highest BCUT2D eigenvalue weighted by atomic mass is 35.5. The van der Waals surface area contributed by atoms with Gasteiger partial charge < -0.3 is 4.42 Å². The fraction of sp³-hybridized carbons (Fsp3) is 0. The number of para-hydroxylation sites is 1. The van der Waals surface area contributed by atoms with E-state index in [-0.39, 0.29) is 0 Å². The number of hydrogen-bond donors (Lipinski definition) is 0. The molecule has 0 bridgehead atoms. The fourth-order valence-corrected chi connectivity index (χ4v) is 6.56. The molecule has 0 saturated heterocycles. The van der Waals surface area contributed by atoms with Gasteiger partial charge in [0.2, 0.25) is 0 Å². The number of nitrogens with zero attached hydrogens (tertiary/aromatic N) is 3. The van der Waals surface area contributed by atoms with Crippen LogP contribution in [-0.2, 0) is 0 Å². The number of rotatable bonds is 3. The smallest absolute Gasteiger partial charge is 0.166 e. The molecule has 44 heavy (non-hydrogen) atoms. The van der Waals surface area contributed by atoms with Crippen LogP contribution < -0.4 is 0 Å². The first kappa shape index (κ1) is 25.0. The van der Waals surface area contributed by atoms with Crippen LogP contribution in [0.15, 0.2) is 138 Å². The molecule has 0 N–H and O–H groups in total. The monoisotopic (exact) mass is 583 g/mol. The highest BCUT2D eigenvalue weighted by Crippen LogP contribution is 2.41. The molecule has 9 rings (SSSR count). The molecule has 206 valence electrons. The van der Waals surface area contributed by atoms with Crippen molar-refractivity contribution in [2.75, 3.05) is 0 Å². The van der Waals surface area contributed by atoms with Gasteiger partial charge in [0, 0.05) is 27.5 Å². The Morgan fingerprint density at radius 2 is 1.11 bits per heavy atom. The first-order chi connectivity index (χ1) is 21.7. The Morgan fingerprint density at radius 3 is 1.98 bits per heavy atom. The number of hydrogen-bond acceptors (Lipinski definition) is 4. The molecule has 0 aliphatic carbocycles. The van der Waals surface area contributed by atoms with Crippen LogP contribution in [-0.4, -0.2) is 15.0 Å². The molecular weight excluding hydrogens is 562 g/mol. The zero-order valence-corrected chi connectivity index (χ0v) is 24.1. The summed E-state index contributed by atoms with van der Waals surface area (Å²) < 4.78 is 6.22. The van der Waals surface area contributed by atoms with Crippen LogP contribution in [0.25, 0.3) is 88.4 Å². The molecule has 2 aromatic heterocycles. The van der Waals surface area contributed by atoms with Gasteiger partial charge in [0.25, 0.3) is 0 Å². The lowest BCUT2D eigenvalue weighted by atomic mass is 9.96. The summed E-state index contributed by atoms with van der Waals surface area (Å²) in [4.78, 5) is 15.4. The van der Waals surface area contributed by atoms with Gasteiger partial charge in [-0.1, -0.05) is 115 Å². The minimum Gasteiger partial charge on any atom is -0.456 e. The van der Waals surface area contributed by atoms with E-state index in [1.54, 1.807) is 0 Å². The minimum absolute atomic E-state index is 0.498. The zero-order chi connectivity index (χ0) is 29.2. The van der Waals surface area contributed by atoms with Gasteiger partial charge in [0.15, 0.2) is 17.5 Å². The van der Waals surface area contributed by atoms with Crippen LogP contribution in [0.2, 0.25) is 5.02 Å². The van der Waals surface area contributed by atoms with Crippen LogP contribution in [0.4, 0.5) is 0 Å².